The van der Waals surface area contributed by atoms with E-state index in [0.29, 0.717) is 6.61 Å². The van der Waals surface area contributed by atoms with E-state index < -0.39 is 0 Å². The molecule has 0 aromatic heterocycles. The number of hydrogen-bond donors (Lipinski definition) is 0. The van der Waals surface area contributed by atoms with Crippen molar-refractivity contribution in [1.82, 2.24) is 0 Å². The highest BCUT2D eigenvalue weighted by Crippen LogP contribution is 2.23. The maximum Gasteiger partial charge on any atom is 0.196 e. The molecule has 0 radical (unpaired) electrons. The third-order valence-corrected chi connectivity index (χ3v) is 2.51. The van der Waals surface area contributed by atoms with E-state index in [1.165, 1.54) is 0 Å². The molecule has 0 saturated heterocycles. The van der Waals surface area contributed by atoms with E-state index in [-0.39, 0.29) is 6.29 Å². The summed E-state index contributed by atoms with van der Waals surface area (Å²) in [6, 6.07) is 17.2. The van der Waals surface area contributed by atoms with Gasteiger partial charge in [-0.15, -0.1) is 0 Å². The van der Waals surface area contributed by atoms with Crippen LogP contribution in [0.15, 0.2) is 54.6 Å². The predicted octanol–water partition coefficient (Wildman–Crippen LogP) is 4.24. The van der Waals surface area contributed by atoms with Crippen LogP contribution in [0, 0.1) is 0 Å². The van der Waals surface area contributed by atoms with Crippen LogP contribution in [0.25, 0.3) is 0 Å². The second kappa shape index (κ2) is 6.81. The van der Waals surface area contributed by atoms with Gasteiger partial charge in [0.15, 0.2) is 6.29 Å². The van der Waals surface area contributed by atoms with Gasteiger partial charge in [-0.1, -0.05) is 18.2 Å². The minimum Gasteiger partial charge on any atom is -0.465 e. The normalized spacial score (nSPS) is 11.9. The van der Waals surface area contributed by atoms with Gasteiger partial charge in [0, 0.05) is 6.61 Å². The molecule has 0 aliphatic carbocycles. The molecule has 0 N–H and O–H groups in total. The van der Waals surface area contributed by atoms with Crippen molar-refractivity contribution in [1.29, 1.82) is 0 Å². The molecular formula is C16H18O3. The molecule has 0 saturated carbocycles. The monoisotopic (exact) mass is 258 g/mol. The van der Waals surface area contributed by atoms with Crippen molar-refractivity contribution in [3.05, 3.63) is 54.6 Å². The first-order chi connectivity index (χ1) is 9.28. The zero-order chi connectivity index (χ0) is 13.5. The molecule has 2 rings (SSSR count). The third kappa shape index (κ3) is 4.30. The molecular weight excluding hydrogens is 240 g/mol. The fourth-order valence-electron chi connectivity index (χ4n) is 1.67. The summed E-state index contributed by atoms with van der Waals surface area (Å²) < 4.78 is 16.6. The number of hydrogen-bond acceptors (Lipinski definition) is 3. The van der Waals surface area contributed by atoms with Gasteiger partial charge in [-0.3, -0.25) is 0 Å². The van der Waals surface area contributed by atoms with Gasteiger partial charge in [-0.2, -0.15) is 0 Å². The summed E-state index contributed by atoms with van der Waals surface area (Å²) in [5, 5.41) is 0. The lowest BCUT2D eigenvalue weighted by atomic mass is 10.3. The van der Waals surface area contributed by atoms with Gasteiger partial charge in [0.05, 0.1) is 0 Å². The van der Waals surface area contributed by atoms with E-state index in [1.807, 2.05) is 68.4 Å². The van der Waals surface area contributed by atoms with Gasteiger partial charge in [0.25, 0.3) is 0 Å². The largest absolute Gasteiger partial charge is 0.465 e. The molecule has 2 aromatic carbocycles. The van der Waals surface area contributed by atoms with Crippen LogP contribution in [-0.2, 0) is 4.74 Å². The van der Waals surface area contributed by atoms with Crippen molar-refractivity contribution >= 4 is 0 Å². The van der Waals surface area contributed by atoms with Gasteiger partial charge in [0.2, 0.25) is 0 Å². The summed E-state index contributed by atoms with van der Waals surface area (Å²) in [6.07, 6.45) is -0.245. The lowest BCUT2D eigenvalue weighted by Gasteiger charge is -2.14. The van der Waals surface area contributed by atoms with Crippen molar-refractivity contribution in [2.45, 2.75) is 20.1 Å². The van der Waals surface area contributed by atoms with Gasteiger partial charge in [-0.05, 0) is 50.2 Å². The molecule has 0 amide bonds. The van der Waals surface area contributed by atoms with Crippen LogP contribution >= 0.6 is 0 Å². The van der Waals surface area contributed by atoms with Crippen molar-refractivity contribution in [3.8, 4) is 17.2 Å². The molecule has 1 atom stereocenters. The van der Waals surface area contributed by atoms with Crippen LogP contribution in [-0.4, -0.2) is 12.9 Å². The maximum atomic E-state index is 5.70. The highest BCUT2D eigenvalue weighted by Gasteiger charge is 2.03. The molecule has 0 heterocycles. The fraction of sp³-hybridized carbons (Fsp3) is 0.250. The Balaban J connectivity index is 1.95. The Morgan fingerprint density at radius 3 is 2.05 bits per heavy atom. The number of para-hydroxylation sites is 1. The molecule has 0 spiro atoms. The second-order valence-corrected chi connectivity index (χ2v) is 4.03. The van der Waals surface area contributed by atoms with E-state index in [0.717, 1.165) is 17.2 Å². The first kappa shape index (κ1) is 13.4. The van der Waals surface area contributed by atoms with Crippen LogP contribution in [0.2, 0.25) is 0 Å². The number of benzene rings is 2. The summed E-state index contributed by atoms with van der Waals surface area (Å²) in [4.78, 5) is 0. The minimum atomic E-state index is -0.245. The van der Waals surface area contributed by atoms with Crippen molar-refractivity contribution < 1.29 is 14.2 Å². The summed E-state index contributed by atoms with van der Waals surface area (Å²) in [7, 11) is 0. The molecule has 2 aromatic rings. The molecule has 0 fully saturated rings. The van der Waals surface area contributed by atoms with E-state index in [4.69, 9.17) is 14.2 Å². The molecule has 3 nitrogen and oxygen atoms in total. The van der Waals surface area contributed by atoms with Gasteiger partial charge >= 0.3 is 0 Å². The van der Waals surface area contributed by atoms with E-state index in [1.54, 1.807) is 0 Å². The summed E-state index contributed by atoms with van der Waals surface area (Å²) in [6.45, 7) is 4.45. The van der Waals surface area contributed by atoms with Crippen molar-refractivity contribution in [2.24, 2.45) is 0 Å². The lowest BCUT2D eigenvalue weighted by Crippen LogP contribution is -2.15. The Morgan fingerprint density at radius 1 is 0.842 bits per heavy atom. The Kier molecular flexibility index (Phi) is 4.81. The van der Waals surface area contributed by atoms with Crippen molar-refractivity contribution in [3.63, 3.8) is 0 Å². The third-order valence-electron chi connectivity index (χ3n) is 2.51. The standard InChI is InChI=1S/C16H18O3/c1-3-17-13(2)18-15-9-11-16(12-10-15)19-14-7-5-4-6-8-14/h4-13H,3H2,1-2H3. The second-order valence-electron chi connectivity index (χ2n) is 4.03. The number of ether oxygens (including phenoxy) is 3. The molecule has 19 heavy (non-hydrogen) atoms. The average molecular weight is 258 g/mol. The van der Waals surface area contributed by atoms with Crippen LogP contribution in [0.1, 0.15) is 13.8 Å². The van der Waals surface area contributed by atoms with Crippen molar-refractivity contribution in [2.75, 3.05) is 6.61 Å². The van der Waals surface area contributed by atoms with Crippen LogP contribution in [0.3, 0.4) is 0 Å². The molecule has 0 aliphatic heterocycles. The summed E-state index contributed by atoms with van der Waals surface area (Å²) in [5.74, 6) is 2.36. The zero-order valence-electron chi connectivity index (χ0n) is 11.2. The van der Waals surface area contributed by atoms with Crippen LogP contribution < -0.4 is 9.47 Å². The highest BCUT2D eigenvalue weighted by molar-refractivity contribution is 5.35. The van der Waals surface area contributed by atoms with Crippen LogP contribution in [0.5, 0.6) is 17.2 Å². The zero-order valence-corrected chi connectivity index (χ0v) is 11.2. The van der Waals surface area contributed by atoms with E-state index in [9.17, 15) is 0 Å². The highest BCUT2D eigenvalue weighted by atomic mass is 16.7. The Labute approximate surface area is 113 Å². The molecule has 0 aliphatic rings. The maximum absolute atomic E-state index is 5.70. The predicted molar refractivity (Wildman–Crippen MR) is 74.7 cm³/mol. The Hall–Kier alpha value is -2.00. The molecule has 100 valence electrons. The lowest BCUT2D eigenvalue weighted by molar-refractivity contribution is -0.0613. The fourth-order valence-corrected chi connectivity index (χ4v) is 1.67. The van der Waals surface area contributed by atoms with E-state index >= 15 is 0 Å². The average Bonchev–Trinajstić information content (AvgIpc) is 2.42. The SMILES string of the molecule is CCOC(C)Oc1ccc(Oc2ccccc2)cc1. The molecule has 1 unspecified atom stereocenters. The van der Waals surface area contributed by atoms with Gasteiger partial charge < -0.3 is 14.2 Å². The Morgan fingerprint density at radius 2 is 1.42 bits per heavy atom. The van der Waals surface area contributed by atoms with Gasteiger partial charge in [-0.25, -0.2) is 0 Å². The summed E-state index contributed by atoms with van der Waals surface area (Å²) in [5.41, 5.74) is 0. The quantitative estimate of drug-likeness (QED) is 0.725. The number of rotatable bonds is 6. The first-order valence-corrected chi connectivity index (χ1v) is 6.39. The molecule has 3 heteroatoms. The first-order valence-electron chi connectivity index (χ1n) is 6.39. The van der Waals surface area contributed by atoms with Gasteiger partial charge in [0.1, 0.15) is 17.2 Å². The Bertz CT molecular complexity index is 479. The molecule has 0 bridgehead atoms. The smallest absolute Gasteiger partial charge is 0.196 e. The van der Waals surface area contributed by atoms with E-state index in [2.05, 4.69) is 0 Å². The van der Waals surface area contributed by atoms with Crippen LogP contribution in [0.4, 0.5) is 0 Å². The summed E-state index contributed by atoms with van der Waals surface area (Å²) >= 11 is 0. The topological polar surface area (TPSA) is 27.7 Å². The minimum absolute atomic E-state index is 0.245.